The Labute approximate surface area is 181 Å². The van der Waals surface area contributed by atoms with Crippen LogP contribution in [0.4, 0.5) is 5.69 Å². The summed E-state index contributed by atoms with van der Waals surface area (Å²) in [4.78, 5) is 12.2. The van der Waals surface area contributed by atoms with E-state index in [4.69, 9.17) is 13.9 Å². The normalized spacial score (nSPS) is 11.7. The van der Waals surface area contributed by atoms with Gasteiger partial charge in [0.25, 0.3) is 0 Å². The molecule has 2 aromatic carbocycles. The van der Waals surface area contributed by atoms with E-state index in [1.165, 1.54) is 0 Å². The van der Waals surface area contributed by atoms with E-state index >= 15 is 0 Å². The summed E-state index contributed by atoms with van der Waals surface area (Å²) in [6.07, 6.45) is 0. The van der Waals surface area contributed by atoms with Gasteiger partial charge in [0.05, 0.1) is 20.8 Å². The van der Waals surface area contributed by atoms with Gasteiger partial charge in [0.15, 0.2) is 0 Å². The Kier molecular flexibility index (Phi) is 7.92. The Balaban J connectivity index is 1.92. The SMILES string of the molecule is COc1ccc(NC(=O)CNCc2ccc(O[Si](C)(C)C(C)(C)C)cc2OC)cc1. The fraction of sp³-hybridized carbons (Fsp3) is 0.435. The smallest absolute Gasteiger partial charge is 0.250 e. The highest BCUT2D eigenvalue weighted by Crippen LogP contribution is 2.38. The summed E-state index contributed by atoms with van der Waals surface area (Å²) in [5.74, 6) is 2.20. The number of hydrogen-bond donors (Lipinski definition) is 2. The first-order chi connectivity index (χ1) is 14.1. The maximum Gasteiger partial charge on any atom is 0.250 e. The third-order valence-electron chi connectivity index (χ3n) is 5.41. The Morgan fingerprint density at radius 2 is 1.60 bits per heavy atom. The summed E-state index contributed by atoms with van der Waals surface area (Å²) in [6, 6.07) is 13.1. The van der Waals surface area contributed by atoms with Crippen molar-refractivity contribution in [3.05, 3.63) is 48.0 Å². The van der Waals surface area contributed by atoms with Gasteiger partial charge in [-0.25, -0.2) is 0 Å². The van der Waals surface area contributed by atoms with Gasteiger partial charge in [-0.2, -0.15) is 0 Å². The van der Waals surface area contributed by atoms with E-state index < -0.39 is 8.32 Å². The lowest BCUT2D eigenvalue weighted by molar-refractivity contribution is -0.115. The van der Waals surface area contributed by atoms with Crippen LogP contribution in [-0.4, -0.2) is 35.0 Å². The van der Waals surface area contributed by atoms with E-state index in [2.05, 4.69) is 44.5 Å². The molecular formula is C23H34N2O4Si. The third-order valence-corrected chi connectivity index (χ3v) is 9.77. The van der Waals surface area contributed by atoms with Crippen LogP contribution in [0, 0.1) is 0 Å². The number of hydrogen-bond acceptors (Lipinski definition) is 5. The molecule has 0 unspecified atom stereocenters. The van der Waals surface area contributed by atoms with Crippen LogP contribution in [0.15, 0.2) is 42.5 Å². The second-order valence-corrected chi connectivity index (χ2v) is 13.4. The molecule has 7 heteroatoms. The van der Waals surface area contributed by atoms with Crippen molar-refractivity contribution in [1.29, 1.82) is 0 Å². The quantitative estimate of drug-likeness (QED) is 0.559. The van der Waals surface area contributed by atoms with Gasteiger partial charge in [-0.15, -0.1) is 0 Å². The Morgan fingerprint density at radius 1 is 0.967 bits per heavy atom. The summed E-state index contributed by atoms with van der Waals surface area (Å²) >= 11 is 0. The molecule has 0 fully saturated rings. The molecule has 2 N–H and O–H groups in total. The standard InChI is InChI=1S/C23H34N2O4Si/c1-23(2,3)30(6,7)29-20-11-8-17(21(14-20)28-5)15-24-16-22(26)25-18-9-12-19(27-4)13-10-18/h8-14,24H,15-16H2,1-7H3,(H,25,26). The highest BCUT2D eigenvalue weighted by molar-refractivity contribution is 6.74. The second kappa shape index (κ2) is 10.00. The highest BCUT2D eigenvalue weighted by atomic mass is 28.4. The van der Waals surface area contributed by atoms with Crippen molar-refractivity contribution in [2.75, 3.05) is 26.1 Å². The summed E-state index contributed by atoms with van der Waals surface area (Å²) in [5.41, 5.74) is 1.70. The van der Waals surface area contributed by atoms with Crippen LogP contribution in [0.1, 0.15) is 26.3 Å². The van der Waals surface area contributed by atoms with Crippen molar-refractivity contribution >= 4 is 19.9 Å². The molecule has 2 rings (SSSR count). The van der Waals surface area contributed by atoms with Gasteiger partial charge in [-0.1, -0.05) is 26.8 Å². The van der Waals surface area contributed by atoms with Crippen LogP contribution in [-0.2, 0) is 11.3 Å². The molecule has 2 aromatic rings. The van der Waals surface area contributed by atoms with E-state index in [-0.39, 0.29) is 17.5 Å². The van der Waals surface area contributed by atoms with E-state index in [0.29, 0.717) is 6.54 Å². The average Bonchev–Trinajstić information content (AvgIpc) is 2.68. The molecule has 164 valence electrons. The lowest BCUT2D eigenvalue weighted by Crippen LogP contribution is -2.43. The summed E-state index contributed by atoms with van der Waals surface area (Å²) in [5, 5.41) is 6.14. The molecule has 30 heavy (non-hydrogen) atoms. The first-order valence-electron chi connectivity index (χ1n) is 10.1. The van der Waals surface area contributed by atoms with Crippen molar-refractivity contribution in [3.63, 3.8) is 0 Å². The molecule has 0 aliphatic carbocycles. The number of anilines is 1. The maximum atomic E-state index is 12.2. The molecule has 0 aliphatic rings. The Hall–Kier alpha value is -2.51. The van der Waals surface area contributed by atoms with Gasteiger partial charge >= 0.3 is 0 Å². The zero-order valence-electron chi connectivity index (χ0n) is 19.1. The molecule has 0 aromatic heterocycles. The number of amides is 1. The number of benzene rings is 2. The molecule has 0 aliphatic heterocycles. The lowest BCUT2D eigenvalue weighted by atomic mass is 10.2. The minimum absolute atomic E-state index is 0.114. The van der Waals surface area contributed by atoms with Crippen molar-refractivity contribution < 1.29 is 18.7 Å². The number of rotatable bonds is 9. The molecular weight excluding hydrogens is 396 g/mol. The predicted octanol–water partition coefficient (Wildman–Crippen LogP) is 4.82. The molecule has 0 spiro atoms. The Bertz CT molecular complexity index is 845. The van der Waals surface area contributed by atoms with E-state index in [0.717, 1.165) is 28.5 Å². The molecule has 0 radical (unpaired) electrons. The average molecular weight is 431 g/mol. The van der Waals surface area contributed by atoms with E-state index in [1.54, 1.807) is 38.5 Å². The second-order valence-electron chi connectivity index (χ2n) is 8.72. The minimum Gasteiger partial charge on any atom is -0.543 e. The Morgan fingerprint density at radius 3 is 2.17 bits per heavy atom. The van der Waals surface area contributed by atoms with Crippen LogP contribution < -0.4 is 24.5 Å². The molecule has 0 atom stereocenters. The fourth-order valence-electron chi connectivity index (χ4n) is 2.57. The van der Waals surface area contributed by atoms with E-state index in [9.17, 15) is 4.79 Å². The largest absolute Gasteiger partial charge is 0.543 e. The first kappa shape index (κ1) is 23.8. The number of nitrogens with one attached hydrogen (secondary N) is 2. The lowest BCUT2D eigenvalue weighted by Gasteiger charge is -2.36. The van der Waals surface area contributed by atoms with Crippen molar-refractivity contribution in [2.24, 2.45) is 0 Å². The molecule has 1 amide bonds. The monoisotopic (exact) mass is 430 g/mol. The molecule has 0 heterocycles. The van der Waals surface area contributed by atoms with Crippen LogP contribution in [0.3, 0.4) is 0 Å². The van der Waals surface area contributed by atoms with Gasteiger partial charge in [0, 0.05) is 23.9 Å². The van der Waals surface area contributed by atoms with Crippen LogP contribution in [0.25, 0.3) is 0 Å². The van der Waals surface area contributed by atoms with Gasteiger partial charge in [0.2, 0.25) is 14.2 Å². The van der Waals surface area contributed by atoms with Crippen molar-refractivity contribution in [1.82, 2.24) is 5.32 Å². The maximum absolute atomic E-state index is 12.2. The summed E-state index contributed by atoms with van der Waals surface area (Å²) in [7, 11) is 1.34. The number of carbonyl (C=O) groups excluding carboxylic acids is 1. The van der Waals surface area contributed by atoms with Crippen molar-refractivity contribution in [3.8, 4) is 17.2 Å². The molecule has 0 saturated heterocycles. The summed E-state index contributed by atoms with van der Waals surface area (Å²) < 4.78 is 17.0. The first-order valence-corrected chi connectivity index (χ1v) is 13.0. The zero-order valence-corrected chi connectivity index (χ0v) is 20.1. The molecule has 6 nitrogen and oxygen atoms in total. The van der Waals surface area contributed by atoms with Gasteiger partial charge < -0.3 is 24.5 Å². The fourth-order valence-corrected chi connectivity index (χ4v) is 3.59. The van der Waals surface area contributed by atoms with Gasteiger partial charge in [-0.05, 0) is 48.5 Å². The van der Waals surface area contributed by atoms with Gasteiger partial charge in [-0.3, -0.25) is 4.79 Å². The molecule has 0 saturated carbocycles. The van der Waals surface area contributed by atoms with Crippen LogP contribution in [0.5, 0.6) is 17.2 Å². The summed E-state index contributed by atoms with van der Waals surface area (Å²) in [6.45, 7) is 11.8. The van der Waals surface area contributed by atoms with Gasteiger partial charge in [0.1, 0.15) is 17.2 Å². The number of ether oxygens (including phenoxy) is 2. The zero-order chi connectivity index (χ0) is 22.4. The number of methoxy groups -OCH3 is 2. The molecule has 0 bridgehead atoms. The van der Waals surface area contributed by atoms with Crippen LogP contribution >= 0.6 is 0 Å². The topological polar surface area (TPSA) is 68.8 Å². The highest BCUT2D eigenvalue weighted by Gasteiger charge is 2.39. The van der Waals surface area contributed by atoms with Crippen LogP contribution in [0.2, 0.25) is 18.1 Å². The van der Waals surface area contributed by atoms with E-state index in [1.807, 2.05) is 18.2 Å². The number of carbonyl (C=O) groups is 1. The predicted molar refractivity (Wildman–Crippen MR) is 124 cm³/mol. The minimum atomic E-state index is -1.91. The third kappa shape index (κ3) is 6.50. The van der Waals surface area contributed by atoms with Crippen molar-refractivity contribution in [2.45, 2.75) is 45.4 Å².